The number of likely N-dealkylation sites (tertiary alicyclic amines) is 1. The number of benzene rings is 3. The highest BCUT2D eigenvalue weighted by molar-refractivity contribution is 5.74. The van der Waals surface area contributed by atoms with Gasteiger partial charge in [-0.25, -0.2) is 4.98 Å². The second kappa shape index (κ2) is 12.6. The maximum absolute atomic E-state index is 11.5. The van der Waals surface area contributed by atoms with Crippen molar-refractivity contribution >= 4 is 17.1 Å². The Bertz CT molecular complexity index is 1310. The van der Waals surface area contributed by atoms with Gasteiger partial charge in [-0.2, -0.15) is 0 Å². The van der Waals surface area contributed by atoms with Crippen LogP contribution in [0.2, 0.25) is 0 Å². The number of nitrogens with one attached hydrogen (secondary N) is 1. The molecule has 2 atom stereocenters. The molecule has 2 heterocycles. The van der Waals surface area contributed by atoms with Crippen LogP contribution in [-0.2, 0) is 22.7 Å². The fourth-order valence-corrected chi connectivity index (χ4v) is 4.83. The number of carbonyl (C=O) groups excluding carboxylic acids is 1. The van der Waals surface area contributed by atoms with Crippen molar-refractivity contribution in [1.82, 2.24) is 14.9 Å². The molecule has 0 saturated carbocycles. The number of carboxylic acid groups (broad SMARTS) is 1. The van der Waals surface area contributed by atoms with Gasteiger partial charge in [0, 0.05) is 25.4 Å². The van der Waals surface area contributed by atoms with Crippen LogP contribution >= 0.6 is 0 Å². The average molecular weight is 515 g/mol. The Labute approximate surface area is 222 Å². The van der Waals surface area contributed by atoms with Crippen LogP contribution in [0.15, 0.2) is 79.1 Å². The number of hydrogen-bond donors (Lipinski definition) is 1. The first-order chi connectivity index (χ1) is 18.7. The highest BCUT2D eigenvalue weighted by Crippen LogP contribution is 2.32. The highest BCUT2D eigenvalue weighted by atomic mass is 16.5. The number of amides is 1. The van der Waals surface area contributed by atoms with Gasteiger partial charge in [0.05, 0.1) is 49.9 Å². The van der Waals surface area contributed by atoms with Crippen LogP contribution in [0.1, 0.15) is 35.4 Å². The molecule has 1 saturated heterocycles. The number of nitrogens with zero attached hydrogens (tertiary/aromatic N) is 2. The first-order valence-corrected chi connectivity index (χ1v) is 13.0. The Morgan fingerprint density at radius 2 is 1.84 bits per heavy atom. The SMILES string of the molecule is O=C([O-])N1CCC(c2ccc(OCCCOCc3ccccc3)cc2)C(OCc2ccc3nc[nH]c3c2)C1. The molecule has 5 rings (SSSR count). The van der Waals surface area contributed by atoms with Crippen molar-refractivity contribution in [3.63, 3.8) is 0 Å². The van der Waals surface area contributed by atoms with Gasteiger partial charge in [0.2, 0.25) is 0 Å². The van der Waals surface area contributed by atoms with Gasteiger partial charge < -0.3 is 34.0 Å². The van der Waals surface area contributed by atoms with E-state index in [-0.39, 0.29) is 18.6 Å². The fraction of sp³-hybridized carbons (Fsp3) is 0.333. The van der Waals surface area contributed by atoms with E-state index in [0.717, 1.165) is 39.9 Å². The third kappa shape index (κ3) is 6.70. The second-order valence-electron chi connectivity index (χ2n) is 9.52. The Morgan fingerprint density at radius 3 is 2.66 bits per heavy atom. The molecule has 0 aliphatic carbocycles. The van der Waals surface area contributed by atoms with Gasteiger partial charge in [0.1, 0.15) is 11.8 Å². The summed E-state index contributed by atoms with van der Waals surface area (Å²) in [5.41, 5.74) is 5.11. The molecule has 4 aromatic rings. The Morgan fingerprint density at radius 1 is 1.00 bits per heavy atom. The molecule has 198 valence electrons. The lowest BCUT2D eigenvalue weighted by molar-refractivity contribution is -0.268. The zero-order valence-corrected chi connectivity index (χ0v) is 21.3. The molecule has 2 unspecified atom stereocenters. The van der Waals surface area contributed by atoms with Crippen molar-refractivity contribution < 1.29 is 24.1 Å². The minimum atomic E-state index is -1.16. The average Bonchev–Trinajstić information content (AvgIpc) is 3.43. The summed E-state index contributed by atoms with van der Waals surface area (Å²) in [5, 5.41) is 11.5. The maximum atomic E-state index is 11.5. The number of aromatic nitrogens is 2. The summed E-state index contributed by atoms with van der Waals surface area (Å²) < 4.78 is 17.9. The van der Waals surface area contributed by atoms with E-state index in [0.29, 0.717) is 39.4 Å². The van der Waals surface area contributed by atoms with E-state index in [1.807, 2.05) is 60.7 Å². The molecule has 38 heavy (non-hydrogen) atoms. The molecule has 0 bridgehead atoms. The van der Waals surface area contributed by atoms with Crippen molar-refractivity contribution in [1.29, 1.82) is 0 Å². The van der Waals surface area contributed by atoms with Gasteiger partial charge in [-0.05, 0) is 47.4 Å². The van der Waals surface area contributed by atoms with E-state index in [1.54, 1.807) is 6.33 Å². The number of ether oxygens (including phenoxy) is 3. The number of fused-ring (bicyclic) bond motifs is 1. The molecule has 1 N–H and O–H groups in total. The van der Waals surface area contributed by atoms with Crippen LogP contribution in [0.3, 0.4) is 0 Å². The van der Waals surface area contributed by atoms with E-state index in [1.165, 1.54) is 4.90 Å². The first kappa shape index (κ1) is 25.8. The van der Waals surface area contributed by atoms with Crippen LogP contribution in [0, 0.1) is 0 Å². The van der Waals surface area contributed by atoms with E-state index >= 15 is 0 Å². The molecule has 8 heteroatoms. The van der Waals surface area contributed by atoms with Crippen molar-refractivity contribution in [3.8, 4) is 5.75 Å². The van der Waals surface area contributed by atoms with Crippen molar-refractivity contribution in [2.24, 2.45) is 0 Å². The summed E-state index contributed by atoms with van der Waals surface area (Å²) in [5.74, 6) is 0.872. The van der Waals surface area contributed by atoms with Crippen LogP contribution in [-0.4, -0.2) is 53.4 Å². The van der Waals surface area contributed by atoms with Gasteiger partial charge in [0.25, 0.3) is 0 Å². The normalized spacial score (nSPS) is 17.5. The van der Waals surface area contributed by atoms with E-state index in [2.05, 4.69) is 22.1 Å². The lowest BCUT2D eigenvalue weighted by Gasteiger charge is -2.40. The van der Waals surface area contributed by atoms with Crippen LogP contribution in [0.4, 0.5) is 4.79 Å². The second-order valence-corrected chi connectivity index (χ2v) is 9.52. The van der Waals surface area contributed by atoms with Gasteiger partial charge in [-0.15, -0.1) is 0 Å². The smallest absolute Gasteiger partial charge is 0.137 e. The highest BCUT2D eigenvalue weighted by Gasteiger charge is 2.31. The van der Waals surface area contributed by atoms with Gasteiger partial charge in [-0.1, -0.05) is 48.5 Å². The number of imidazole rings is 1. The minimum absolute atomic E-state index is 0.0712. The zero-order chi connectivity index (χ0) is 26.2. The number of H-pyrrole nitrogens is 1. The first-order valence-electron chi connectivity index (χ1n) is 13.0. The standard InChI is InChI=1S/C30H33N3O5/c34-30(35)33-14-13-26(29(18-33)38-20-23-7-12-27-28(17-23)32-21-31-27)24-8-10-25(11-9-24)37-16-4-15-36-19-22-5-2-1-3-6-22/h1-3,5-12,17,21,26,29H,4,13-16,18-20H2,(H,31,32)(H,34,35)/p-1. The number of piperidine rings is 1. The Hall–Kier alpha value is -3.88. The van der Waals surface area contributed by atoms with Crippen LogP contribution < -0.4 is 9.84 Å². The molecule has 0 spiro atoms. The summed E-state index contributed by atoms with van der Waals surface area (Å²) >= 11 is 0. The maximum Gasteiger partial charge on any atom is 0.137 e. The summed E-state index contributed by atoms with van der Waals surface area (Å²) in [6, 6.07) is 24.1. The van der Waals surface area contributed by atoms with Gasteiger partial charge >= 0.3 is 0 Å². The van der Waals surface area contributed by atoms with E-state index in [9.17, 15) is 9.90 Å². The molecule has 8 nitrogen and oxygen atoms in total. The molecule has 1 aliphatic rings. The van der Waals surface area contributed by atoms with Gasteiger partial charge in [0.15, 0.2) is 0 Å². The molecular formula is C30H32N3O5-. The van der Waals surface area contributed by atoms with Crippen LogP contribution in [0.5, 0.6) is 5.75 Å². The predicted octanol–water partition coefficient (Wildman–Crippen LogP) is 4.27. The number of carbonyl (C=O) groups is 1. The van der Waals surface area contributed by atoms with E-state index in [4.69, 9.17) is 14.2 Å². The molecule has 1 aliphatic heterocycles. The summed E-state index contributed by atoms with van der Waals surface area (Å²) in [7, 11) is 0. The Kier molecular flexibility index (Phi) is 8.53. The lowest BCUT2D eigenvalue weighted by Crippen LogP contribution is -2.51. The minimum Gasteiger partial charge on any atom is -0.530 e. The molecular weight excluding hydrogens is 482 g/mol. The number of aromatic amines is 1. The van der Waals surface area contributed by atoms with Crippen molar-refractivity contribution in [3.05, 3.63) is 95.8 Å². The monoisotopic (exact) mass is 514 g/mol. The summed E-state index contributed by atoms with van der Waals surface area (Å²) in [6.07, 6.45) is 1.69. The molecule has 1 aromatic heterocycles. The van der Waals surface area contributed by atoms with Crippen LogP contribution in [0.25, 0.3) is 11.0 Å². The van der Waals surface area contributed by atoms with Crippen molar-refractivity contribution in [2.45, 2.75) is 38.1 Å². The molecule has 3 aromatic carbocycles. The summed E-state index contributed by atoms with van der Waals surface area (Å²) in [6.45, 7) is 2.90. The fourth-order valence-electron chi connectivity index (χ4n) is 4.83. The zero-order valence-electron chi connectivity index (χ0n) is 21.3. The van der Waals surface area contributed by atoms with E-state index < -0.39 is 6.09 Å². The molecule has 1 amide bonds. The molecule has 0 radical (unpaired) electrons. The number of hydrogen-bond acceptors (Lipinski definition) is 6. The largest absolute Gasteiger partial charge is 0.530 e. The third-order valence-electron chi connectivity index (χ3n) is 6.89. The topological polar surface area (TPSA) is 99.7 Å². The summed E-state index contributed by atoms with van der Waals surface area (Å²) in [4.78, 5) is 20.2. The Balaban J connectivity index is 1.13. The lowest BCUT2D eigenvalue weighted by atomic mass is 9.87. The predicted molar refractivity (Wildman–Crippen MR) is 142 cm³/mol. The third-order valence-corrected chi connectivity index (χ3v) is 6.89. The quantitative estimate of drug-likeness (QED) is 0.300. The number of rotatable bonds is 11. The molecule has 1 fully saturated rings. The van der Waals surface area contributed by atoms with Gasteiger partial charge in [-0.3, -0.25) is 0 Å². The van der Waals surface area contributed by atoms with Crippen molar-refractivity contribution in [2.75, 3.05) is 26.3 Å².